The fourth-order valence-electron chi connectivity index (χ4n) is 1.98. The van der Waals surface area contributed by atoms with Crippen LogP contribution < -0.4 is 5.43 Å². The molecule has 0 aliphatic heterocycles. The SMILES string of the molecule is O=C(NN(CC(O)Cl)C(=O)OCc1ccccc1)OCc1ccccc1. The average molecular weight is 379 g/mol. The molecule has 0 bridgehead atoms. The van der Waals surface area contributed by atoms with E-state index in [9.17, 15) is 14.7 Å². The second kappa shape index (κ2) is 10.3. The maximum absolute atomic E-state index is 12.1. The Kier molecular flexibility index (Phi) is 7.73. The zero-order valence-electron chi connectivity index (χ0n) is 13.9. The first-order chi connectivity index (χ1) is 12.5. The van der Waals surface area contributed by atoms with Crippen LogP contribution in [0.3, 0.4) is 0 Å². The molecule has 0 aliphatic rings. The molecule has 8 heteroatoms. The van der Waals surface area contributed by atoms with Gasteiger partial charge >= 0.3 is 12.2 Å². The smallest absolute Gasteiger partial charge is 0.429 e. The highest BCUT2D eigenvalue weighted by Gasteiger charge is 2.21. The first-order valence-corrected chi connectivity index (χ1v) is 8.26. The van der Waals surface area contributed by atoms with Crippen LogP contribution in [-0.2, 0) is 22.7 Å². The van der Waals surface area contributed by atoms with Crippen molar-refractivity contribution in [2.75, 3.05) is 6.54 Å². The third-order valence-electron chi connectivity index (χ3n) is 3.20. The van der Waals surface area contributed by atoms with Crippen LogP contribution in [-0.4, -0.2) is 34.4 Å². The second-order valence-electron chi connectivity index (χ2n) is 5.26. The monoisotopic (exact) mass is 378 g/mol. The zero-order valence-corrected chi connectivity index (χ0v) is 14.6. The van der Waals surface area contributed by atoms with Gasteiger partial charge in [0.1, 0.15) is 18.8 Å². The highest BCUT2D eigenvalue weighted by Crippen LogP contribution is 2.05. The Bertz CT molecular complexity index is 697. The minimum absolute atomic E-state index is 0.00922. The third-order valence-corrected chi connectivity index (χ3v) is 3.34. The van der Waals surface area contributed by atoms with Crippen LogP contribution in [0, 0.1) is 0 Å². The highest BCUT2D eigenvalue weighted by atomic mass is 35.5. The Morgan fingerprint density at radius 2 is 1.46 bits per heavy atom. The van der Waals surface area contributed by atoms with Gasteiger partial charge in [-0.3, -0.25) is 0 Å². The van der Waals surface area contributed by atoms with Crippen molar-refractivity contribution in [2.45, 2.75) is 18.8 Å². The first-order valence-electron chi connectivity index (χ1n) is 7.82. The molecular formula is C18H19ClN2O5. The van der Waals surface area contributed by atoms with Gasteiger partial charge in [0.2, 0.25) is 0 Å². The quantitative estimate of drug-likeness (QED) is 0.596. The third kappa shape index (κ3) is 7.00. The number of benzene rings is 2. The molecule has 2 amide bonds. The van der Waals surface area contributed by atoms with E-state index < -0.39 is 17.7 Å². The molecule has 138 valence electrons. The normalized spacial score (nSPS) is 11.3. The second-order valence-corrected chi connectivity index (χ2v) is 5.76. The van der Waals surface area contributed by atoms with E-state index in [2.05, 4.69) is 5.43 Å². The van der Waals surface area contributed by atoms with E-state index in [1.54, 1.807) is 24.3 Å². The van der Waals surface area contributed by atoms with E-state index in [1.807, 2.05) is 36.4 Å². The standard InChI is InChI=1S/C18H19ClN2O5/c19-16(22)11-21(18(24)26-13-15-9-5-2-6-10-15)20-17(23)25-12-14-7-3-1-4-8-14/h1-10,16,22H,11-13H2,(H,20,23). The van der Waals surface area contributed by atoms with Gasteiger partial charge < -0.3 is 14.6 Å². The number of halogens is 1. The summed E-state index contributed by atoms with van der Waals surface area (Å²) in [5.74, 6) is 0. The molecule has 2 aromatic rings. The summed E-state index contributed by atoms with van der Waals surface area (Å²) < 4.78 is 10.1. The largest absolute Gasteiger partial charge is 0.443 e. The van der Waals surface area contributed by atoms with Crippen LogP contribution in [0.4, 0.5) is 9.59 Å². The van der Waals surface area contributed by atoms with Crippen molar-refractivity contribution in [2.24, 2.45) is 0 Å². The Morgan fingerprint density at radius 3 is 1.96 bits per heavy atom. The van der Waals surface area contributed by atoms with Crippen LogP contribution >= 0.6 is 11.6 Å². The molecule has 0 saturated carbocycles. The van der Waals surface area contributed by atoms with E-state index in [4.69, 9.17) is 21.1 Å². The van der Waals surface area contributed by atoms with E-state index >= 15 is 0 Å². The number of hydrogen-bond donors (Lipinski definition) is 2. The summed E-state index contributed by atoms with van der Waals surface area (Å²) in [6.07, 6.45) is -1.74. The molecule has 0 fully saturated rings. The molecule has 7 nitrogen and oxygen atoms in total. The lowest BCUT2D eigenvalue weighted by Gasteiger charge is -2.22. The van der Waals surface area contributed by atoms with Gasteiger partial charge in [-0.15, -0.1) is 0 Å². The fourth-order valence-corrected chi connectivity index (χ4v) is 2.12. The van der Waals surface area contributed by atoms with Crippen LogP contribution in [0.15, 0.2) is 60.7 Å². The molecule has 0 aliphatic carbocycles. The Labute approximate surface area is 156 Å². The van der Waals surface area contributed by atoms with Crippen LogP contribution in [0.2, 0.25) is 0 Å². The number of ether oxygens (including phenoxy) is 2. The lowest BCUT2D eigenvalue weighted by Crippen LogP contribution is -2.49. The summed E-state index contributed by atoms with van der Waals surface area (Å²) in [6.45, 7) is -0.325. The summed E-state index contributed by atoms with van der Waals surface area (Å²) >= 11 is 5.50. The molecule has 0 saturated heterocycles. The maximum atomic E-state index is 12.1. The number of nitrogens with zero attached hydrogens (tertiary/aromatic N) is 1. The van der Waals surface area contributed by atoms with E-state index in [1.165, 1.54) is 0 Å². The molecule has 0 heterocycles. The number of hydrogen-bond acceptors (Lipinski definition) is 5. The molecule has 1 atom stereocenters. The number of carbonyl (C=O) groups excluding carboxylic acids is 2. The molecule has 2 N–H and O–H groups in total. The molecule has 1 unspecified atom stereocenters. The van der Waals surface area contributed by atoms with E-state index in [0.29, 0.717) is 0 Å². The van der Waals surface area contributed by atoms with Gasteiger partial charge in [0.15, 0.2) is 0 Å². The predicted octanol–water partition coefficient (Wildman–Crippen LogP) is 3.02. The first kappa shape index (κ1) is 19.6. The van der Waals surface area contributed by atoms with Crippen molar-refractivity contribution in [1.82, 2.24) is 10.4 Å². The number of hydrazine groups is 1. The van der Waals surface area contributed by atoms with Crippen LogP contribution in [0.25, 0.3) is 0 Å². The summed E-state index contributed by atoms with van der Waals surface area (Å²) in [7, 11) is 0. The molecule has 26 heavy (non-hydrogen) atoms. The molecular weight excluding hydrogens is 360 g/mol. The van der Waals surface area contributed by atoms with Gasteiger partial charge in [-0.2, -0.15) is 0 Å². The number of nitrogens with one attached hydrogen (secondary N) is 1. The Morgan fingerprint density at radius 1 is 0.962 bits per heavy atom. The summed E-state index contributed by atoms with van der Waals surface area (Å²) in [6, 6.07) is 18.1. The number of aliphatic hydroxyl groups excluding tert-OH is 1. The highest BCUT2D eigenvalue weighted by molar-refractivity contribution is 6.19. The molecule has 2 rings (SSSR count). The number of alkyl halides is 1. The predicted molar refractivity (Wildman–Crippen MR) is 95.0 cm³/mol. The molecule has 0 radical (unpaired) electrons. The van der Waals surface area contributed by atoms with Crippen molar-refractivity contribution in [1.29, 1.82) is 0 Å². The van der Waals surface area contributed by atoms with E-state index in [-0.39, 0.29) is 19.8 Å². The van der Waals surface area contributed by atoms with Crippen molar-refractivity contribution in [3.8, 4) is 0 Å². The van der Waals surface area contributed by atoms with Crippen LogP contribution in [0.1, 0.15) is 11.1 Å². The van der Waals surface area contributed by atoms with E-state index in [0.717, 1.165) is 16.1 Å². The van der Waals surface area contributed by atoms with Gasteiger partial charge in [-0.1, -0.05) is 72.3 Å². The van der Waals surface area contributed by atoms with Crippen molar-refractivity contribution < 1.29 is 24.2 Å². The summed E-state index contributed by atoms with van der Waals surface area (Å²) in [5, 5.41) is 10.1. The summed E-state index contributed by atoms with van der Waals surface area (Å²) in [4.78, 5) is 24.0. The lowest BCUT2D eigenvalue weighted by molar-refractivity contribution is 0.0529. The number of aliphatic hydroxyl groups is 1. The maximum Gasteiger partial charge on any atom is 0.429 e. The topological polar surface area (TPSA) is 88.1 Å². The van der Waals surface area contributed by atoms with Crippen molar-refractivity contribution >= 4 is 23.8 Å². The zero-order chi connectivity index (χ0) is 18.8. The molecule has 0 aromatic heterocycles. The number of carbonyl (C=O) groups is 2. The van der Waals surface area contributed by atoms with Crippen LogP contribution in [0.5, 0.6) is 0 Å². The minimum Gasteiger partial charge on any atom is -0.443 e. The number of amides is 2. The molecule has 0 spiro atoms. The van der Waals surface area contributed by atoms with Gasteiger partial charge in [0, 0.05) is 0 Å². The van der Waals surface area contributed by atoms with Gasteiger partial charge in [0.25, 0.3) is 0 Å². The Hall–Kier alpha value is -2.77. The van der Waals surface area contributed by atoms with Gasteiger partial charge in [-0.05, 0) is 11.1 Å². The lowest BCUT2D eigenvalue weighted by atomic mass is 10.2. The Balaban J connectivity index is 1.86. The van der Waals surface area contributed by atoms with Gasteiger partial charge in [0.05, 0.1) is 6.54 Å². The number of rotatable bonds is 6. The van der Waals surface area contributed by atoms with Gasteiger partial charge in [-0.25, -0.2) is 20.0 Å². The van der Waals surface area contributed by atoms with Crippen molar-refractivity contribution in [3.63, 3.8) is 0 Å². The van der Waals surface area contributed by atoms with Crippen molar-refractivity contribution in [3.05, 3.63) is 71.8 Å². The minimum atomic E-state index is -1.38. The fraction of sp³-hybridized carbons (Fsp3) is 0.222. The molecule has 2 aromatic carbocycles. The summed E-state index contributed by atoms with van der Waals surface area (Å²) in [5.41, 5.74) is 2.39. The average Bonchev–Trinajstić information content (AvgIpc) is 2.65.